The van der Waals surface area contributed by atoms with Gasteiger partial charge < -0.3 is 10.6 Å². The summed E-state index contributed by atoms with van der Waals surface area (Å²) in [5.41, 5.74) is 0. The molecule has 1 aliphatic rings. The highest BCUT2D eigenvalue weighted by molar-refractivity contribution is 5.78. The van der Waals surface area contributed by atoms with Gasteiger partial charge in [0.1, 0.15) is 0 Å². The molecule has 1 fully saturated rings. The van der Waals surface area contributed by atoms with Crippen LogP contribution in [0.1, 0.15) is 58.8 Å². The van der Waals surface area contributed by atoms with Crippen LogP contribution in [0.5, 0.6) is 0 Å². The standard InChI is InChI=1S/C14H28N2O/c1-12(2)15-10-11-16-14(17)13-8-6-4-3-5-7-9-13/h12-13,15H,3-11H2,1-2H3,(H,16,17). The predicted molar refractivity (Wildman–Crippen MR) is 72.0 cm³/mol. The lowest BCUT2D eigenvalue weighted by atomic mass is 9.90. The van der Waals surface area contributed by atoms with E-state index in [2.05, 4.69) is 24.5 Å². The van der Waals surface area contributed by atoms with Gasteiger partial charge in [0.2, 0.25) is 5.91 Å². The molecule has 0 bridgehead atoms. The van der Waals surface area contributed by atoms with Crippen molar-refractivity contribution in [1.29, 1.82) is 0 Å². The fourth-order valence-electron chi connectivity index (χ4n) is 2.41. The number of hydrogen-bond acceptors (Lipinski definition) is 2. The number of hydrogen-bond donors (Lipinski definition) is 2. The van der Waals surface area contributed by atoms with Crippen molar-refractivity contribution in [3.63, 3.8) is 0 Å². The lowest BCUT2D eigenvalue weighted by molar-refractivity contribution is -0.125. The lowest BCUT2D eigenvalue weighted by Crippen LogP contribution is -2.37. The Morgan fingerprint density at radius 2 is 1.65 bits per heavy atom. The number of nitrogens with one attached hydrogen (secondary N) is 2. The van der Waals surface area contributed by atoms with E-state index in [1.165, 1.54) is 32.1 Å². The fraction of sp³-hybridized carbons (Fsp3) is 0.929. The summed E-state index contributed by atoms with van der Waals surface area (Å²) in [5, 5.41) is 6.37. The maximum atomic E-state index is 12.0. The van der Waals surface area contributed by atoms with Crippen molar-refractivity contribution in [3.8, 4) is 0 Å². The topological polar surface area (TPSA) is 41.1 Å². The molecule has 0 aliphatic heterocycles. The molecule has 0 aromatic carbocycles. The summed E-state index contributed by atoms with van der Waals surface area (Å²) in [6.07, 6.45) is 8.58. The van der Waals surface area contributed by atoms with E-state index in [1.54, 1.807) is 0 Å². The minimum Gasteiger partial charge on any atom is -0.355 e. The van der Waals surface area contributed by atoms with Crippen LogP contribution in [0.25, 0.3) is 0 Å². The molecule has 3 nitrogen and oxygen atoms in total. The van der Waals surface area contributed by atoms with E-state index in [4.69, 9.17) is 0 Å². The quantitative estimate of drug-likeness (QED) is 0.725. The zero-order valence-electron chi connectivity index (χ0n) is 11.4. The zero-order chi connectivity index (χ0) is 12.5. The molecule has 1 saturated carbocycles. The Morgan fingerprint density at radius 3 is 2.24 bits per heavy atom. The first kappa shape index (κ1) is 14.5. The molecular formula is C14H28N2O. The second-order valence-electron chi connectivity index (χ2n) is 5.44. The molecule has 0 saturated heterocycles. The second kappa shape index (κ2) is 8.51. The summed E-state index contributed by atoms with van der Waals surface area (Å²) in [5.74, 6) is 0.548. The molecule has 1 rings (SSSR count). The number of amides is 1. The molecule has 0 spiro atoms. The van der Waals surface area contributed by atoms with Gasteiger partial charge >= 0.3 is 0 Å². The summed E-state index contributed by atoms with van der Waals surface area (Å²) in [7, 11) is 0. The Bertz CT molecular complexity index is 208. The molecule has 3 heteroatoms. The Morgan fingerprint density at radius 1 is 1.06 bits per heavy atom. The molecule has 0 radical (unpaired) electrons. The largest absolute Gasteiger partial charge is 0.355 e. The summed E-state index contributed by atoms with van der Waals surface area (Å²) in [4.78, 5) is 12.0. The van der Waals surface area contributed by atoms with E-state index in [9.17, 15) is 4.79 Å². The average Bonchev–Trinajstić information content (AvgIpc) is 2.23. The number of carbonyl (C=O) groups excluding carboxylic acids is 1. The molecule has 0 aromatic rings. The third kappa shape index (κ3) is 6.67. The van der Waals surface area contributed by atoms with Crippen LogP contribution in [0, 0.1) is 5.92 Å². The van der Waals surface area contributed by atoms with Gasteiger partial charge in [0.25, 0.3) is 0 Å². The van der Waals surface area contributed by atoms with Gasteiger partial charge in [-0.1, -0.05) is 46.0 Å². The summed E-state index contributed by atoms with van der Waals surface area (Å²) < 4.78 is 0. The van der Waals surface area contributed by atoms with Crippen LogP contribution in [-0.4, -0.2) is 25.0 Å². The molecule has 1 aliphatic carbocycles. The molecular weight excluding hydrogens is 212 g/mol. The SMILES string of the molecule is CC(C)NCCNC(=O)C1CCCCCCC1. The summed E-state index contributed by atoms with van der Waals surface area (Å²) >= 11 is 0. The highest BCUT2D eigenvalue weighted by Crippen LogP contribution is 2.22. The molecule has 17 heavy (non-hydrogen) atoms. The molecule has 0 aromatic heterocycles. The van der Waals surface area contributed by atoms with Crippen LogP contribution in [0.2, 0.25) is 0 Å². The van der Waals surface area contributed by atoms with E-state index in [0.29, 0.717) is 6.04 Å². The van der Waals surface area contributed by atoms with Crippen LogP contribution >= 0.6 is 0 Å². The number of carbonyl (C=O) groups is 1. The van der Waals surface area contributed by atoms with E-state index >= 15 is 0 Å². The van der Waals surface area contributed by atoms with Crippen molar-refractivity contribution in [1.82, 2.24) is 10.6 Å². The Balaban J connectivity index is 2.16. The van der Waals surface area contributed by atoms with Crippen molar-refractivity contribution in [3.05, 3.63) is 0 Å². The highest BCUT2D eigenvalue weighted by Gasteiger charge is 2.18. The summed E-state index contributed by atoms with van der Waals surface area (Å²) in [6, 6.07) is 0.494. The number of rotatable bonds is 5. The Hall–Kier alpha value is -0.570. The van der Waals surface area contributed by atoms with Crippen LogP contribution in [0.3, 0.4) is 0 Å². The van der Waals surface area contributed by atoms with Crippen LogP contribution in [0.4, 0.5) is 0 Å². The predicted octanol–water partition coefficient (Wildman–Crippen LogP) is 2.46. The van der Waals surface area contributed by atoms with Crippen LogP contribution in [-0.2, 0) is 4.79 Å². The zero-order valence-corrected chi connectivity index (χ0v) is 11.4. The highest BCUT2D eigenvalue weighted by atomic mass is 16.1. The molecule has 1 amide bonds. The first-order valence-electron chi connectivity index (χ1n) is 7.21. The Labute approximate surface area is 106 Å². The molecule has 0 unspecified atom stereocenters. The smallest absolute Gasteiger partial charge is 0.223 e. The van der Waals surface area contributed by atoms with Crippen LogP contribution in [0.15, 0.2) is 0 Å². The van der Waals surface area contributed by atoms with E-state index < -0.39 is 0 Å². The first-order valence-corrected chi connectivity index (χ1v) is 7.21. The molecule has 2 N–H and O–H groups in total. The third-order valence-corrected chi connectivity index (χ3v) is 3.45. The molecule has 0 heterocycles. The third-order valence-electron chi connectivity index (χ3n) is 3.45. The molecule has 100 valence electrons. The summed E-state index contributed by atoms with van der Waals surface area (Å²) in [6.45, 7) is 5.87. The lowest BCUT2D eigenvalue weighted by Gasteiger charge is -2.19. The fourth-order valence-corrected chi connectivity index (χ4v) is 2.41. The maximum absolute atomic E-state index is 12.0. The minimum absolute atomic E-state index is 0.273. The van der Waals surface area contributed by atoms with Gasteiger partial charge in [-0.2, -0.15) is 0 Å². The van der Waals surface area contributed by atoms with Gasteiger partial charge in [-0.3, -0.25) is 4.79 Å². The van der Waals surface area contributed by atoms with Crippen molar-refractivity contribution in [2.45, 2.75) is 64.8 Å². The molecule has 0 atom stereocenters. The van der Waals surface area contributed by atoms with Crippen molar-refractivity contribution >= 4 is 5.91 Å². The van der Waals surface area contributed by atoms with Gasteiger partial charge in [-0.25, -0.2) is 0 Å². The van der Waals surface area contributed by atoms with Gasteiger partial charge in [0, 0.05) is 25.0 Å². The van der Waals surface area contributed by atoms with Crippen molar-refractivity contribution < 1.29 is 4.79 Å². The van der Waals surface area contributed by atoms with Gasteiger partial charge in [-0.15, -0.1) is 0 Å². The Kier molecular flexibility index (Phi) is 7.25. The van der Waals surface area contributed by atoms with Crippen molar-refractivity contribution in [2.75, 3.05) is 13.1 Å². The maximum Gasteiger partial charge on any atom is 0.223 e. The second-order valence-corrected chi connectivity index (χ2v) is 5.44. The van der Waals surface area contributed by atoms with E-state index in [1.807, 2.05) is 0 Å². The monoisotopic (exact) mass is 240 g/mol. The normalized spacial score (nSPS) is 18.8. The van der Waals surface area contributed by atoms with Crippen LogP contribution < -0.4 is 10.6 Å². The average molecular weight is 240 g/mol. The van der Waals surface area contributed by atoms with Crippen molar-refractivity contribution in [2.24, 2.45) is 5.92 Å². The van der Waals surface area contributed by atoms with Gasteiger partial charge in [0.05, 0.1) is 0 Å². The first-order chi connectivity index (χ1) is 8.20. The minimum atomic E-state index is 0.273. The van der Waals surface area contributed by atoms with E-state index in [-0.39, 0.29) is 11.8 Å². The van der Waals surface area contributed by atoms with Gasteiger partial charge in [0.15, 0.2) is 0 Å². The van der Waals surface area contributed by atoms with E-state index in [0.717, 1.165) is 25.9 Å². The van der Waals surface area contributed by atoms with Gasteiger partial charge in [-0.05, 0) is 12.8 Å².